The summed E-state index contributed by atoms with van der Waals surface area (Å²) in [6.45, 7) is 5.18. The lowest BCUT2D eigenvalue weighted by atomic mass is 10.2. The zero-order valence-electron chi connectivity index (χ0n) is 19.8. The molecule has 0 aliphatic carbocycles. The number of carbonyl (C=O) groups is 1. The number of aromatic nitrogens is 3. The number of amides is 1. The molecule has 0 aliphatic rings. The fourth-order valence-corrected chi connectivity index (χ4v) is 4.32. The number of hydrogen-bond acceptors (Lipinski definition) is 6. The van der Waals surface area contributed by atoms with Gasteiger partial charge in [-0.2, -0.15) is 0 Å². The summed E-state index contributed by atoms with van der Waals surface area (Å²) >= 11 is 1.42. The van der Waals surface area contributed by atoms with E-state index in [4.69, 9.17) is 4.74 Å². The van der Waals surface area contributed by atoms with Crippen LogP contribution in [0.25, 0.3) is 0 Å². The number of nitrogens with zero attached hydrogens (tertiary/aromatic N) is 4. The van der Waals surface area contributed by atoms with E-state index in [-0.39, 0.29) is 17.7 Å². The topological polar surface area (TPSA) is 72.3 Å². The van der Waals surface area contributed by atoms with E-state index in [1.54, 1.807) is 0 Å². The van der Waals surface area contributed by atoms with E-state index in [1.807, 2.05) is 54.6 Å². The average molecular weight is 468 g/mol. The maximum absolute atomic E-state index is 12.6. The number of ether oxygens (including phenoxy) is 1. The van der Waals surface area contributed by atoms with Crippen LogP contribution in [0.1, 0.15) is 45.0 Å². The largest absolute Gasteiger partial charge is 0.457 e. The third kappa shape index (κ3) is 7.07. The molecule has 1 amide bonds. The second-order valence-electron chi connectivity index (χ2n) is 8.01. The van der Waals surface area contributed by atoms with Gasteiger partial charge >= 0.3 is 0 Å². The summed E-state index contributed by atoms with van der Waals surface area (Å²) in [5.74, 6) is 2.55. The molecule has 3 rings (SSSR count). The number of hydrogen-bond donors (Lipinski definition) is 1. The first kappa shape index (κ1) is 24.8. The van der Waals surface area contributed by atoms with Crippen molar-refractivity contribution in [3.63, 3.8) is 0 Å². The monoisotopic (exact) mass is 467 g/mol. The lowest BCUT2D eigenvalue weighted by Crippen LogP contribution is -2.23. The van der Waals surface area contributed by atoms with Crippen molar-refractivity contribution < 1.29 is 9.53 Å². The molecule has 33 heavy (non-hydrogen) atoms. The minimum Gasteiger partial charge on any atom is -0.457 e. The van der Waals surface area contributed by atoms with E-state index >= 15 is 0 Å². The van der Waals surface area contributed by atoms with Crippen LogP contribution in [0, 0.1) is 0 Å². The van der Waals surface area contributed by atoms with Crippen molar-refractivity contribution >= 4 is 23.4 Å². The van der Waals surface area contributed by atoms with Crippen molar-refractivity contribution in [3.8, 4) is 11.5 Å². The lowest BCUT2D eigenvalue weighted by molar-refractivity contribution is -0.113. The van der Waals surface area contributed by atoms with Crippen LogP contribution in [0.4, 0.5) is 5.69 Å². The number of para-hydroxylation sites is 1. The summed E-state index contributed by atoms with van der Waals surface area (Å²) in [6.07, 6.45) is 3.08. The molecule has 2 aromatic carbocycles. The second-order valence-corrected chi connectivity index (χ2v) is 8.96. The number of unbranched alkanes of at least 4 members (excludes halogenated alkanes) is 1. The van der Waals surface area contributed by atoms with Crippen LogP contribution in [-0.2, 0) is 11.3 Å². The van der Waals surface area contributed by atoms with Crippen molar-refractivity contribution in [3.05, 3.63) is 60.4 Å². The molecule has 0 bridgehead atoms. The Bertz CT molecular complexity index is 1020. The zero-order valence-corrected chi connectivity index (χ0v) is 20.6. The Kier molecular flexibility index (Phi) is 9.33. The molecule has 1 heterocycles. The third-order valence-electron chi connectivity index (χ3n) is 5.22. The molecule has 8 heteroatoms. The predicted octanol–water partition coefficient (Wildman–Crippen LogP) is 5.61. The highest BCUT2D eigenvalue weighted by atomic mass is 32.2. The van der Waals surface area contributed by atoms with E-state index in [0.717, 1.165) is 42.5 Å². The summed E-state index contributed by atoms with van der Waals surface area (Å²) in [5, 5.41) is 12.6. The molecule has 1 aromatic heterocycles. The molecule has 176 valence electrons. The highest BCUT2D eigenvalue weighted by molar-refractivity contribution is 7.99. The Morgan fingerprint density at radius 1 is 1.09 bits per heavy atom. The van der Waals surface area contributed by atoms with Gasteiger partial charge < -0.3 is 14.6 Å². The van der Waals surface area contributed by atoms with Crippen LogP contribution in [0.15, 0.2) is 59.8 Å². The quantitative estimate of drug-likeness (QED) is 0.349. The second kappa shape index (κ2) is 12.4. The molecular formula is C25H33N5O2S. The van der Waals surface area contributed by atoms with Crippen molar-refractivity contribution in [1.29, 1.82) is 0 Å². The molecule has 1 atom stereocenters. The van der Waals surface area contributed by atoms with Crippen LogP contribution in [0.5, 0.6) is 11.5 Å². The predicted molar refractivity (Wildman–Crippen MR) is 134 cm³/mol. The van der Waals surface area contributed by atoms with Gasteiger partial charge in [-0.1, -0.05) is 56.3 Å². The first-order valence-electron chi connectivity index (χ1n) is 11.4. The molecule has 1 N–H and O–H groups in total. The lowest BCUT2D eigenvalue weighted by Gasteiger charge is -2.23. The number of nitrogens with one attached hydrogen (secondary N) is 1. The summed E-state index contributed by atoms with van der Waals surface area (Å²) in [4.78, 5) is 14.8. The Morgan fingerprint density at radius 2 is 1.85 bits per heavy atom. The van der Waals surface area contributed by atoms with Gasteiger partial charge in [0.2, 0.25) is 5.91 Å². The molecule has 0 aliphatic heterocycles. The Balaban J connectivity index is 1.64. The fraction of sp³-hybridized carbons (Fsp3) is 0.400. The van der Waals surface area contributed by atoms with Gasteiger partial charge in [-0.3, -0.25) is 9.69 Å². The minimum atomic E-state index is -0.0943. The van der Waals surface area contributed by atoms with E-state index < -0.39 is 0 Å². The van der Waals surface area contributed by atoms with E-state index in [1.165, 1.54) is 11.8 Å². The van der Waals surface area contributed by atoms with E-state index in [0.29, 0.717) is 11.4 Å². The summed E-state index contributed by atoms with van der Waals surface area (Å²) in [6, 6.07) is 17.2. The number of rotatable bonds is 12. The summed E-state index contributed by atoms with van der Waals surface area (Å²) in [5.41, 5.74) is 0.695. The number of benzene rings is 2. The Hall–Kier alpha value is -2.84. The van der Waals surface area contributed by atoms with Gasteiger partial charge in [-0.15, -0.1) is 10.2 Å². The summed E-state index contributed by atoms with van der Waals surface area (Å²) in [7, 11) is 4.12. The molecule has 1 unspecified atom stereocenters. The van der Waals surface area contributed by atoms with Crippen molar-refractivity contribution in [1.82, 2.24) is 19.7 Å². The van der Waals surface area contributed by atoms with Crippen molar-refractivity contribution in [2.24, 2.45) is 0 Å². The van der Waals surface area contributed by atoms with Gasteiger partial charge in [0.05, 0.1) is 11.8 Å². The maximum Gasteiger partial charge on any atom is 0.234 e. The Morgan fingerprint density at radius 3 is 2.55 bits per heavy atom. The highest BCUT2D eigenvalue weighted by Crippen LogP contribution is 2.27. The standard InChI is InChI=1S/C25H33N5O2S/c1-5-7-16-30-24(22(6-2)29(3)4)27-28-25(30)33-18-23(31)26-19-12-11-15-21(17-19)32-20-13-9-8-10-14-20/h8-15,17,22H,5-7,16,18H2,1-4H3,(H,26,31). The van der Waals surface area contributed by atoms with Gasteiger partial charge in [0.1, 0.15) is 11.5 Å². The van der Waals surface area contributed by atoms with Crippen LogP contribution in [-0.4, -0.2) is 45.4 Å². The molecule has 0 fully saturated rings. The van der Waals surface area contributed by atoms with Crippen LogP contribution < -0.4 is 10.1 Å². The average Bonchev–Trinajstić information content (AvgIpc) is 3.19. The molecule has 0 saturated carbocycles. The first-order valence-corrected chi connectivity index (χ1v) is 12.4. The normalized spacial score (nSPS) is 12.0. The van der Waals surface area contributed by atoms with E-state index in [2.05, 4.69) is 52.9 Å². The molecule has 7 nitrogen and oxygen atoms in total. The third-order valence-corrected chi connectivity index (χ3v) is 6.18. The fourth-order valence-electron chi connectivity index (χ4n) is 3.55. The van der Waals surface area contributed by atoms with Crippen LogP contribution in [0.3, 0.4) is 0 Å². The molecule has 0 radical (unpaired) electrons. The highest BCUT2D eigenvalue weighted by Gasteiger charge is 2.22. The first-order chi connectivity index (χ1) is 16.0. The van der Waals surface area contributed by atoms with Gasteiger partial charge in [0, 0.05) is 18.3 Å². The van der Waals surface area contributed by atoms with Crippen LogP contribution in [0.2, 0.25) is 0 Å². The maximum atomic E-state index is 12.6. The molecular weight excluding hydrogens is 434 g/mol. The zero-order chi connectivity index (χ0) is 23.6. The van der Waals surface area contributed by atoms with E-state index in [9.17, 15) is 4.79 Å². The molecule has 0 spiro atoms. The smallest absolute Gasteiger partial charge is 0.234 e. The SMILES string of the molecule is CCCCn1c(SCC(=O)Nc2cccc(Oc3ccccc3)c2)nnc1C(CC)N(C)C. The van der Waals surface area contributed by atoms with Gasteiger partial charge in [0.25, 0.3) is 0 Å². The van der Waals surface area contributed by atoms with Gasteiger partial charge in [0.15, 0.2) is 11.0 Å². The minimum absolute atomic E-state index is 0.0943. The van der Waals surface area contributed by atoms with Gasteiger partial charge in [-0.05, 0) is 51.2 Å². The van der Waals surface area contributed by atoms with Crippen molar-refractivity contribution in [2.45, 2.75) is 50.9 Å². The molecule has 3 aromatic rings. The number of anilines is 1. The molecule has 0 saturated heterocycles. The van der Waals surface area contributed by atoms with Gasteiger partial charge in [-0.25, -0.2) is 0 Å². The van der Waals surface area contributed by atoms with Crippen LogP contribution >= 0.6 is 11.8 Å². The summed E-state index contributed by atoms with van der Waals surface area (Å²) < 4.78 is 8.03. The Labute approximate surface area is 200 Å². The number of thioether (sulfide) groups is 1. The van der Waals surface area contributed by atoms with Crippen molar-refractivity contribution in [2.75, 3.05) is 25.2 Å². The number of carbonyl (C=O) groups excluding carboxylic acids is 1.